The zero-order valence-electron chi connectivity index (χ0n) is 12.3. The minimum Gasteiger partial charge on any atom is -0.378 e. The molecule has 1 unspecified atom stereocenters. The molecular formula is C16H23NOS. The van der Waals surface area contributed by atoms with Gasteiger partial charge in [0.1, 0.15) is 0 Å². The van der Waals surface area contributed by atoms with Gasteiger partial charge in [-0.2, -0.15) is 0 Å². The maximum Gasteiger partial charge on any atom is 0.167 e. The van der Waals surface area contributed by atoms with Gasteiger partial charge >= 0.3 is 0 Å². The zero-order chi connectivity index (χ0) is 14.4. The molecule has 2 nitrogen and oxygen atoms in total. The van der Waals surface area contributed by atoms with Crippen LogP contribution >= 0.6 is 11.8 Å². The molecule has 0 aliphatic carbocycles. The van der Waals surface area contributed by atoms with E-state index in [2.05, 4.69) is 13.5 Å². The van der Waals surface area contributed by atoms with Crippen molar-refractivity contribution in [2.45, 2.75) is 25.2 Å². The molecule has 0 spiro atoms. The number of hydrogen-bond acceptors (Lipinski definition) is 3. The summed E-state index contributed by atoms with van der Waals surface area (Å²) in [7, 11) is 1.98. The number of ketones is 1. The van der Waals surface area contributed by atoms with E-state index in [-0.39, 0.29) is 11.7 Å². The number of carbonyl (C=O) groups excluding carboxylic acids is 1. The van der Waals surface area contributed by atoms with Crippen LogP contribution in [0.4, 0.5) is 0 Å². The molecule has 0 aromatic heterocycles. The summed E-state index contributed by atoms with van der Waals surface area (Å²) in [5, 5.41) is 0. The van der Waals surface area contributed by atoms with Crippen LogP contribution in [0.3, 0.4) is 0 Å². The summed E-state index contributed by atoms with van der Waals surface area (Å²) >= 11 is 1.69. The standard InChI is InChI=1S/C16H23NOS/c1-6-13(11-17(4)12(2)3)16(18)14-7-9-15(19-5)10-8-14/h7-10,13H,2,6,11H2,1,3-5H3. The molecule has 0 fully saturated rings. The first-order valence-corrected chi connectivity index (χ1v) is 7.77. The predicted molar refractivity (Wildman–Crippen MR) is 83.8 cm³/mol. The first-order chi connectivity index (χ1) is 8.99. The summed E-state index contributed by atoms with van der Waals surface area (Å²) in [5.41, 5.74) is 1.80. The van der Waals surface area contributed by atoms with Gasteiger partial charge in [-0.15, -0.1) is 11.8 Å². The van der Waals surface area contributed by atoms with Crippen molar-refractivity contribution in [2.24, 2.45) is 5.92 Å². The van der Waals surface area contributed by atoms with Crippen molar-refractivity contribution in [1.29, 1.82) is 0 Å². The Hall–Kier alpha value is -1.22. The topological polar surface area (TPSA) is 20.3 Å². The number of hydrogen-bond donors (Lipinski definition) is 0. The third-order valence-corrected chi connectivity index (χ3v) is 4.13. The van der Waals surface area contributed by atoms with E-state index in [1.807, 2.05) is 49.4 Å². The number of carbonyl (C=O) groups is 1. The molecule has 0 radical (unpaired) electrons. The Morgan fingerprint density at radius 3 is 2.37 bits per heavy atom. The van der Waals surface area contributed by atoms with Crippen LogP contribution in [0.2, 0.25) is 0 Å². The van der Waals surface area contributed by atoms with E-state index in [0.717, 1.165) is 24.2 Å². The average Bonchev–Trinajstić information content (AvgIpc) is 2.43. The van der Waals surface area contributed by atoms with Crippen LogP contribution in [-0.2, 0) is 0 Å². The molecule has 1 atom stereocenters. The Morgan fingerprint density at radius 1 is 1.37 bits per heavy atom. The van der Waals surface area contributed by atoms with Gasteiger partial charge in [0.05, 0.1) is 0 Å². The number of benzene rings is 1. The summed E-state index contributed by atoms with van der Waals surface area (Å²) in [4.78, 5) is 15.7. The second-order valence-electron chi connectivity index (χ2n) is 4.81. The Morgan fingerprint density at radius 2 is 1.95 bits per heavy atom. The van der Waals surface area contributed by atoms with Crippen LogP contribution < -0.4 is 0 Å². The number of Topliss-reactive ketones (excluding diaryl/α,β-unsaturated/α-hetero) is 1. The Labute approximate surface area is 120 Å². The highest BCUT2D eigenvalue weighted by Crippen LogP contribution is 2.19. The molecule has 0 saturated carbocycles. The lowest BCUT2D eigenvalue weighted by Crippen LogP contribution is -2.28. The van der Waals surface area contributed by atoms with Gasteiger partial charge in [0.15, 0.2) is 5.78 Å². The number of thioether (sulfide) groups is 1. The highest BCUT2D eigenvalue weighted by molar-refractivity contribution is 7.98. The van der Waals surface area contributed by atoms with Crippen molar-refractivity contribution in [3.8, 4) is 0 Å². The van der Waals surface area contributed by atoms with Crippen molar-refractivity contribution in [1.82, 2.24) is 4.90 Å². The normalized spacial score (nSPS) is 12.0. The lowest BCUT2D eigenvalue weighted by molar-refractivity contribution is 0.0896. The Bertz CT molecular complexity index is 439. The molecule has 0 aliphatic heterocycles. The quantitative estimate of drug-likeness (QED) is 0.553. The molecule has 0 amide bonds. The van der Waals surface area contributed by atoms with E-state index in [4.69, 9.17) is 0 Å². The minimum absolute atomic E-state index is 0.0295. The van der Waals surface area contributed by atoms with Gasteiger partial charge in [0, 0.05) is 35.7 Å². The van der Waals surface area contributed by atoms with Crippen molar-refractivity contribution in [2.75, 3.05) is 19.8 Å². The van der Waals surface area contributed by atoms with Gasteiger partial charge in [0.2, 0.25) is 0 Å². The highest BCUT2D eigenvalue weighted by Gasteiger charge is 2.19. The minimum atomic E-state index is 0.0295. The van der Waals surface area contributed by atoms with Crippen LogP contribution in [0.25, 0.3) is 0 Å². The summed E-state index contributed by atoms with van der Waals surface area (Å²) < 4.78 is 0. The molecule has 1 aromatic carbocycles. The molecule has 0 heterocycles. The number of nitrogens with zero attached hydrogens (tertiary/aromatic N) is 1. The van der Waals surface area contributed by atoms with Crippen LogP contribution in [0.15, 0.2) is 41.4 Å². The summed E-state index contributed by atoms with van der Waals surface area (Å²) in [6.07, 6.45) is 2.88. The fraction of sp³-hybridized carbons (Fsp3) is 0.438. The maximum atomic E-state index is 12.5. The smallest absolute Gasteiger partial charge is 0.167 e. The molecule has 104 valence electrons. The molecule has 19 heavy (non-hydrogen) atoms. The van der Waals surface area contributed by atoms with E-state index >= 15 is 0 Å². The lowest BCUT2D eigenvalue weighted by atomic mass is 9.94. The second-order valence-corrected chi connectivity index (χ2v) is 5.69. The third kappa shape index (κ3) is 4.43. The summed E-state index contributed by atoms with van der Waals surface area (Å²) in [6.45, 7) is 8.66. The van der Waals surface area contributed by atoms with E-state index < -0.39 is 0 Å². The monoisotopic (exact) mass is 277 g/mol. The Kier molecular flexibility index (Phi) is 6.16. The fourth-order valence-corrected chi connectivity index (χ4v) is 2.28. The largest absolute Gasteiger partial charge is 0.378 e. The van der Waals surface area contributed by atoms with Gasteiger partial charge in [-0.1, -0.05) is 25.6 Å². The van der Waals surface area contributed by atoms with Gasteiger partial charge < -0.3 is 4.90 Å². The first kappa shape index (κ1) is 15.8. The fourth-order valence-electron chi connectivity index (χ4n) is 1.87. The predicted octanol–water partition coefficient (Wildman–Crippen LogP) is 4.08. The van der Waals surface area contributed by atoms with Crippen LogP contribution in [0.1, 0.15) is 30.6 Å². The van der Waals surface area contributed by atoms with E-state index in [1.54, 1.807) is 11.8 Å². The van der Waals surface area contributed by atoms with Crippen LogP contribution in [0, 0.1) is 5.92 Å². The van der Waals surface area contributed by atoms with Gasteiger partial charge in [0.25, 0.3) is 0 Å². The molecular weight excluding hydrogens is 254 g/mol. The molecule has 0 N–H and O–H groups in total. The summed E-state index contributed by atoms with van der Waals surface area (Å²) in [5.74, 6) is 0.255. The molecule has 1 rings (SSSR count). The van der Waals surface area contributed by atoms with E-state index in [0.29, 0.717) is 0 Å². The van der Waals surface area contributed by atoms with Gasteiger partial charge in [-0.05, 0) is 31.7 Å². The van der Waals surface area contributed by atoms with Crippen molar-refractivity contribution in [3.05, 3.63) is 42.1 Å². The Balaban J connectivity index is 2.79. The first-order valence-electron chi connectivity index (χ1n) is 6.54. The van der Waals surface area contributed by atoms with Crippen molar-refractivity contribution in [3.63, 3.8) is 0 Å². The van der Waals surface area contributed by atoms with E-state index in [1.165, 1.54) is 4.90 Å². The molecule has 1 aromatic rings. The third-order valence-electron chi connectivity index (χ3n) is 3.38. The SMILES string of the molecule is C=C(C)N(C)CC(CC)C(=O)c1ccc(SC)cc1. The average molecular weight is 277 g/mol. The molecule has 0 aliphatic rings. The number of allylic oxidation sites excluding steroid dienone is 1. The lowest BCUT2D eigenvalue weighted by Gasteiger charge is -2.24. The zero-order valence-corrected chi connectivity index (χ0v) is 13.1. The highest BCUT2D eigenvalue weighted by atomic mass is 32.2. The maximum absolute atomic E-state index is 12.5. The van der Waals surface area contributed by atoms with Crippen molar-refractivity contribution < 1.29 is 4.79 Å². The van der Waals surface area contributed by atoms with Gasteiger partial charge in [-0.25, -0.2) is 0 Å². The van der Waals surface area contributed by atoms with E-state index in [9.17, 15) is 4.79 Å². The molecule has 0 bridgehead atoms. The number of rotatable bonds is 7. The molecule has 3 heteroatoms. The van der Waals surface area contributed by atoms with Gasteiger partial charge in [-0.3, -0.25) is 4.79 Å². The second kappa shape index (κ2) is 7.39. The van der Waals surface area contributed by atoms with Crippen LogP contribution in [-0.4, -0.2) is 30.5 Å². The summed E-state index contributed by atoms with van der Waals surface area (Å²) in [6, 6.07) is 7.87. The van der Waals surface area contributed by atoms with Crippen LogP contribution in [0.5, 0.6) is 0 Å². The van der Waals surface area contributed by atoms with Crippen molar-refractivity contribution >= 4 is 17.5 Å². The molecule has 0 saturated heterocycles.